The summed E-state index contributed by atoms with van der Waals surface area (Å²) in [6, 6.07) is 8.84. The lowest BCUT2D eigenvalue weighted by Gasteiger charge is -2.42. The molecule has 2 saturated carbocycles. The normalized spacial score (nSPS) is 18.0. The van der Waals surface area contributed by atoms with E-state index in [4.69, 9.17) is 16.3 Å². The second-order valence-electron chi connectivity index (χ2n) is 12.9. The molecule has 5 rings (SSSR count). The van der Waals surface area contributed by atoms with Crippen molar-refractivity contribution in [1.29, 1.82) is 0 Å². The van der Waals surface area contributed by atoms with Gasteiger partial charge in [0.1, 0.15) is 28.8 Å². The molecule has 3 aromatic rings. The second-order valence-corrected chi connectivity index (χ2v) is 14.4. The SMILES string of the molecule is CCCN(CCNC1CC1)C1CC(C(=O)Nc2cc(Nc3cc(-c4cc(Cl)ccc4F)nnc3SCCOC(C)(C)C)ncn2)C1. The lowest BCUT2D eigenvalue weighted by molar-refractivity contribution is -0.124. The first-order chi connectivity index (χ1) is 22.1. The van der Waals surface area contributed by atoms with Crippen LogP contribution in [-0.2, 0) is 9.53 Å². The van der Waals surface area contributed by atoms with E-state index in [1.54, 1.807) is 12.1 Å². The van der Waals surface area contributed by atoms with E-state index < -0.39 is 5.82 Å². The molecule has 248 valence electrons. The van der Waals surface area contributed by atoms with Gasteiger partial charge in [-0.1, -0.05) is 18.5 Å². The molecule has 1 amide bonds. The Hall–Kier alpha value is -2.90. The van der Waals surface area contributed by atoms with Crippen LogP contribution in [0.25, 0.3) is 11.3 Å². The third kappa shape index (κ3) is 10.0. The third-order valence-corrected chi connectivity index (χ3v) is 9.10. The highest BCUT2D eigenvalue weighted by atomic mass is 35.5. The van der Waals surface area contributed by atoms with Gasteiger partial charge in [0.25, 0.3) is 0 Å². The lowest BCUT2D eigenvalue weighted by Crippen LogP contribution is -2.50. The number of benzene rings is 1. The lowest BCUT2D eigenvalue weighted by atomic mass is 9.78. The van der Waals surface area contributed by atoms with Gasteiger partial charge in [-0.25, -0.2) is 14.4 Å². The van der Waals surface area contributed by atoms with Crippen LogP contribution in [0.5, 0.6) is 0 Å². The molecule has 2 fully saturated rings. The van der Waals surface area contributed by atoms with Gasteiger partial charge < -0.3 is 20.7 Å². The molecule has 0 atom stereocenters. The second kappa shape index (κ2) is 15.8. The topological polar surface area (TPSA) is 117 Å². The van der Waals surface area contributed by atoms with Crippen LogP contribution in [0, 0.1) is 11.7 Å². The summed E-state index contributed by atoms with van der Waals surface area (Å²) in [5.41, 5.74) is 0.878. The summed E-state index contributed by atoms with van der Waals surface area (Å²) in [5, 5.41) is 19.5. The van der Waals surface area contributed by atoms with Gasteiger partial charge in [0, 0.05) is 53.5 Å². The fourth-order valence-corrected chi connectivity index (χ4v) is 6.21. The van der Waals surface area contributed by atoms with Crippen molar-refractivity contribution in [3.8, 4) is 11.3 Å². The molecule has 2 aliphatic carbocycles. The highest BCUT2D eigenvalue weighted by molar-refractivity contribution is 7.99. The molecule has 0 saturated heterocycles. The minimum Gasteiger partial charge on any atom is -0.375 e. The maximum Gasteiger partial charge on any atom is 0.228 e. The Morgan fingerprint density at radius 1 is 1.11 bits per heavy atom. The molecule has 2 aromatic heterocycles. The number of halogens is 2. The number of nitrogens with zero attached hydrogens (tertiary/aromatic N) is 5. The predicted octanol–water partition coefficient (Wildman–Crippen LogP) is 6.56. The average Bonchev–Trinajstić information content (AvgIpc) is 3.81. The van der Waals surface area contributed by atoms with Crippen molar-refractivity contribution < 1.29 is 13.9 Å². The van der Waals surface area contributed by atoms with E-state index >= 15 is 0 Å². The van der Waals surface area contributed by atoms with E-state index in [0.717, 1.165) is 38.9 Å². The maximum atomic E-state index is 14.7. The van der Waals surface area contributed by atoms with Crippen LogP contribution in [-0.4, -0.2) is 80.7 Å². The maximum absolute atomic E-state index is 14.7. The van der Waals surface area contributed by atoms with Crippen molar-refractivity contribution in [1.82, 2.24) is 30.4 Å². The molecule has 0 bridgehead atoms. The Labute approximate surface area is 280 Å². The summed E-state index contributed by atoms with van der Waals surface area (Å²) >= 11 is 7.61. The van der Waals surface area contributed by atoms with Gasteiger partial charge in [-0.05, 0) is 83.7 Å². The summed E-state index contributed by atoms with van der Waals surface area (Å²) in [5.74, 6) is 0.943. The van der Waals surface area contributed by atoms with E-state index in [2.05, 4.69) is 47.9 Å². The van der Waals surface area contributed by atoms with Crippen LogP contribution >= 0.6 is 23.4 Å². The quantitative estimate of drug-likeness (QED) is 0.114. The summed E-state index contributed by atoms with van der Waals surface area (Å²) in [6.45, 7) is 11.8. The summed E-state index contributed by atoms with van der Waals surface area (Å²) < 4.78 is 20.6. The molecule has 13 heteroatoms. The van der Waals surface area contributed by atoms with Gasteiger partial charge in [-0.15, -0.1) is 22.0 Å². The monoisotopic (exact) mass is 670 g/mol. The van der Waals surface area contributed by atoms with Crippen LogP contribution in [0.4, 0.5) is 21.7 Å². The Kier molecular flexibility index (Phi) is 11.8. The van der Waals surface area contributed by atoms with Crippen LogP contribution < -0.4 is 16.0 Å². The highest BCUT2D eigenvalue weighted by Crippen LogP contribution is 2.34. The number of hydrogen-bond acceptors (Lipinski definition) is 10. The molecule has 0 radical (unpaired) electrons. The summed E-state index contributed by atoms with van der Waals surface area (Å²) in [4.78, 5) is 24.3. The number of ether oxygens (including phenoxy) is 1. The molecule has 1 aromatic carbocycles. The Bertz CT molecular complexity index is 1480. The molecule has 10 nitrogen and oxygen atoms in total. The number of aromatic nitrogens is 4. The van der Waals surface area contributed by atoms with E-state index in [9.17, 15) is 9.18 Å². The van der Waals surface area contributed by atoms with Crippen LogP contribution in [0.1, 0.15) is 59.8 Å². The zero-order valence-electron chi connectivity index (χ0n) is 27.0. The Balaban J connectivity index is 1.24. The number of amides is 1. The minimum absolute atomic E-state index is 0.0344. The molecule has 0 unspecified atom stereocenters. The standard InChI is InChI=1S/C33H44ClFN8O2S/c1-5-11-43(12-10-36-23-7-8-23)24-15-21(16-24)31(44)40-30-19-29(37-20-38-30)39-28-18-27(25-17-22(34)6-9-26(25)35)41-42-32(28)46-14-13-45-33(2,3)4/h6,9,17-21,23-24,36H,5,7-8,10-16H2,1-4H3,(H2,37,38,39,40,41,44). The minimum atomic E-state index is -0.457. The Morgan fingerprint density at radius 2 is 1.89 bits per heavy atom. The first kappa shape index (κ1) is 34.4. The molecule has 0 aliphatic heterocycles. The zero-order chi connectivity index (χ0) is 32.7. The van der Waals surface area contributed by atoms with Gasteiger partial charge in [-0.3, -0.25) is 9.69 Å². The van der Waals surface area contributed by atoms with Crippen molar-refractivity contribution in [2.24, 2.45) is 5.92 Å². The van der Waals surface area contributed by atoms with E-state index in [1.165, 1.54) is 49.1 Å². The summed E-state index contributed by atoms with van der Waals surface area (Å²) in [6.07, 6.45) is 6.76. The van der Waals surface area contributed by atoms with Crippen LogP contribution in [0.2, 0.25) is 5.02 Å². The number of nitrogens with one attached hydrogen (secondary N) is 3. The number of anilines is 3. The number of carbonyl (C=O) groups is 1. The molecule has 3 N–H and O–H groups in total. The van der Waals surface area contributed by atoms with Crippen LogP contribution in [0.15, 0.2) is 41.7 Å². The van der Waals surface area contributed by atoms with Crippen molar-refractivity contribution in [3.63, 3.8) is 0 Å². The first-order valence-corrected chi connectivity index (χ1v) is 17.4. The Morgan fingerprint density at radius 3 is 2.63 bits per heavy atom. The molecular formula is C33H44ClFN8O2S. The largest absolute Gasteiger partial charge is 0.375 e. The number of rotatable bonds is 16. The summed E-state index contributed by atoms with van der Waals surface area (Å²) in [7, 11) is 0. The van der Waals surface area contributed by atoms with Crippen molar-refractivity contribution in [2.45, 2.75) is 82.5 Å². The zero-order valence-corrected chi connectivity index (χ0v) is 28.6. The van der Waals surface area contributed by atoms with Gasteiger partial charge >= 0.3 is 0 Å². The van der Waals surface area contributed by atoms with E-state index in [0.29, 0.717) is 57.5 Å². The smallest absolute Gasteiger partial charge is 0.228 e. The fraction of sp³-hybridized carbons (Fsp3) is 0.545. The number of thioether (sulfide) groups is 1. The van der Waals surface area contributed by atoms with Gasteiger partial charge in [0.15, 0.2) is 0 Å². The molecule has 2 aliphatic rings. The first-order valence-electron chi connectivity index (χ1n) is 16.0. The van der Waals surface area contributed by atoms with Crippen molar-refractivity contribution in [2.75, 3.05) is 42.6 Å². The predicted molar refractivity (Wildman–Crippen MR) is 182 cm³/mol. The van der Waals surface area contributed by atoms with Gasteiger partial charge in [-0.2, -0.15) is 0 Å². The number of hydrogen-bond donors (Lipinski definition) is 3. The molecule has 46 heavy (non-hydrogen) atoms. The highest BCUT2D eigenvalue weighted by Gasteiger charge is 2.37. The van der Waals surface area contributed by atoms with Gasteiger partial charge in [0.2, 0.25) is 5.91 Å². The van der Waals surface area contributed by atoms with Crippen molar-refractivity contribution in [3.05, 3.63) is 47.5 Å². The average molecular weight is 671 g/mol. The van der Waals surface area contributed by atoms with Crippen molar-refractivity contribution >= 4 is 46.6 Å². The van der Waals surface area contributed by atoms with E-state index in [-0.39, 0.29) is 23.0 Å². The van der Waals surface area contributed by atoms with E-state index in [1.807, 2.05) is 20.8 Å². The van der Waals surface area contributed by atoms with Gasteiger partial charge in [0.05, 0.1) is 23.6 Å². The molecular weight excluding hydrogens is 627 g/mol. The third-order valence-electron chi connectivity index (χ3n) is 7.92. The number of carbonyl (C=O) groups excluding carboxylic acids is 1. The molecule has 2 heterocycles. The fourth-order valence-electron chi connectivity index (χ4n) is 5.31. The van der Waals surface area contributed by atoms with Crippen LogP contribution in [0.3, 0.4) is 0 Å². The molecule has 0 spiro atoms.